The van der Waals surface area contributed by atoms with Gasteiger partial charge in [0.15, 0.2) is 0 Å². The number of carbonyl (C=O) groups is 1. The molecule has 152 valence electrons. The molecular weight excluding hydrogens is 368 g/mol. The SMILES string of the molecule is C[C@H](Cc1ccco1)NC(=O)c1nc(-c2ccc(N3CCCCCC3)cc2)no1. The van der Waals surface area contributed by atoms with E-state index in [2.05, 4.69) is 32.5 Å². The number of nitrogens with one attached hydrogen (secondary N) is 1. The number of amides is 1. The average Bonchev–Trinajstić information content (AvgIpc) is 3.35. The van der Waals surface area contributed by atoms with Crippen LogP contribution in [0.2, 0.25) is 0 Å². The summed E-state index contributed by atoms with van der Waals surface area (Å²) in [6.45, 7) is 4.10. The first-order chi connectivity index (χ1) is 14.2. The first kappa shape index (κ1) is 19.2. The zero-order valence-corrected chi connectivity index (χ0v) is 16.6. The van der Waals surface area contributed by atoms with Gasteiger partial charge in [0.25, 0.3) is 0 Å². The molecule has 4 rings (SSSR count). The van der Waals surface area contributed by atoms with Crippen molar-refractivity contribution in [2.75, 3.05) is 18.0 Å². The van der Waals surface area contributed by atoms with E-state index in [1.165, 1.54) is 31.4 Å². The largest absolute Gasteiger partial charge is 0.469 e. The van der Waals surface area contributed by atoms with Crippen LogP contribution < -0.4 is 10.2 Å². The maximum absolute atomic E-state index is 12.4. The molecule has 1 atom stereocenters. The Morgan fingerprint density at radius 3 is 2.59 bits per heavy atom. The van der Waals surface area contributed by atoms with E-state index in [0.29, 0.717) is 12.2 Å². The van der Waals surface area contributed by atoms with Crippen LogP contribution in [0.4, 0.5) is 5.69 Å². The molecule has 0 bridgehead atoms. The first-order valence-corrected chi connectivity index (χ1v) is 10.2. The molecule has 0 aliphatic carbocycles. The minimum atomic E-state index is -0.385. The van der Waals surface area contributed by atoms with Gasteiger partial charge in [0, 0.05) is 36.8 Å². The highest BCUT2D eigenvalue weighted by Gasteiger charge is 2.19. The van der Waals surface area contributed by atoms with Crippen LogP contribution in [-0.2, 0) is 6.42 Å². The van der Waals surface area contributed by atoms with E-state index >= 15 is 0 Å². The predicted molar refractivity (Wildman–Crippen MR) is 110 cm³/mol. The van der Waals surface area contributed by atoms with Gasteiger partial charge in [0.2, 0.25) is 5.82 Å². The van der Waals surface area contributed by atoms with Crippen LogP contribution >= 0.6 is 0 Å². The van der Waals surface area contributed by atoms with Crippen LogP contribution in [0.1, 0.15) is 49.1 Å². The lowest BCUT2D eigenvalue weighted by Crippen LogP contribution is -2.34. The number of furan rings is 1. The van der Waals surface area contributed by atoms with Crippen molar-refractivity contribution in [2.45, 2.75) is 45.1 Å². The molecule has 0 spiro atoms. The first-order valence-electron chi connectivity index (χ1n) is 10.2. The highest BCUT2D eigenvalue weighted by molar-refractivity contribution is 5.90. The Bertz CT molecular complexity index is 910. The predicted octanol–water partition coefficient (Wildman–Crippen LogP) is 4.07. The molecule has 0 unspecified atom stereocenters. The fraction of sp³-hybridized carbons (Fsp3) is 0.409. The van der Waals surface area contributed by atoms with E-state index < -0.39 is 0 Å². The molecular formula is C22H26N4O3. The number of benzene rings is 1. The van der Waals surface area contributed by atoms with E-state index in [-0.39, 0.29) is 17.8 Å². The lowest BCUT2D eigenvalue weighted by Gasteiger charge is -2.22. The van der Waals surface area contributed by atoms with Crippen molar-refractivity contribution in [3.8, 4) is 11.4 Å². The van der Waals surface area contributed by atoms with E-state index in [1.54, 1.807) is 6.26 Å². The summed E-state index contributed by atoms with van der Waals surface area (Å²) in [7, 11) is 0. The summed E-state index contributed by atoms with van der Waals surface area (Å²) < 4.78 is 10.5. The third-order valence-corrected chi connectivity index (χ3v) is 5.18. The topological polar surface area (TPSA) is 84.4 Å². The van der Waals surface area contributed by atoms with Crippen molar-refractivity contribution >= 4 is 11.6 Å². The molecule has 0 saturated carbocycles. The second-order valence-corrected chi connectivity index (χ2v) is 7.53. The lowest BCUT2D eigenvalue weighted by atomic mass is 10.2. The molecule has 2 aromatic heterocycles. The Morgan fingerprint density at radius 1 is 1.14 bits per heavy atom. The van der Waals surface area contributed by atoms with Gasteiger partial charge in [-0.25, -0.2) is 0 Å². The molecule has 29 heavy (non-hydrogen) atoms. The zero-order valence-electron chi connectivity index (χ0n) is 16.6. The van der Waals surface area contributed by atoms with E-state index in [9.17, 15) is 4.79 Å². The van der Waals surface area contributed by atoms with Gasteiger partial charge in [0.05, 0.1) is 6.26 Å². The van der Waals surface area contributed by atoms with Crippen LogP contribution in [-0.4, -0.2) is 35.2 Å². The standard InChI is InChI=1S/C22H26N4O3/c1-16(15-19-7-6-14-28-19)23-21(27)22-24-20(25-29-22)17-8-10-18(11-9-17)26-12-4-2-3-5-13-26/h6-11,14,16H,2-5,12-13,15H2,1H3,(H,23,27)/t16-/m1/s1. The van der Waals surface area contributed by atoms with Crippen LogP contribution in [0, 0.1) is 0 Å². The molecule has 1 amide bonds. The molecule has 1 aromatic carbocycles. The van der Waals surface area contributed by atoms with Crippen molar-refractivity contribution in [3.05, 3.63) is 54.3 Å². The molecule has 3 aromatic rings. The molecule has 1 saturated heterocycles. The Morgan fingerprint density at radius 2 is 1.90 bits per heavy atom. The summed E-state index contributed by atoms with van der Waals surface area (Å²) in [5.41, 5.74) is 2.04. The quantitative estimate of drug-likeness (QED) is 0.678. The Hall–Kier alpha value is -3.09. The average molecular weight is 394 g/mol. The van der Waals surface area contributed by atoms with Gasteiger partial charge in [-0.05, 0) is 56.2 Å². The highest BCUT2D eigenvalue weighted by atomic mass is 16.5. The molecule has 1 aliphatic heterocycles. The molecule has 7 heteroatoms. The zero-order chi connectivity index (χ0) is 20.1. The lowest BCUT2D eigenvalue weighted by molar-refractivity contribution is 0.0895. The van der Waals surface area contributed by atoms with Gasteiger partial charge in [-0.15, -0.1) is 0 Å². The Balaban J connectivity index is 1.38. The normalized spacial score (nSPS) is 15.7. The van der Waals surface area contributed by atoms with Crippen LogP contribution in [0.5, 0.6) is 0 Å². The third-order valence-electron chi connectivity index (χ3n) is 5.18. The molecule has 1 aliphatic rings. The second kappa shape index (κ2) is 8.94. The molecule has 3 heterocycles. The minimum Gasteiger partial charge on any atom is -0.469 e. The fourth-order valence-corrected chi connectivity index (χ4v) is 3.65. The summed E-state index contributed by atoms with van der Waals surface area (Å²) >= 11 is 0. The highest BCUT2D eigenvalue weighted by Crippen LogP contribution is 2.23. The van der Waals surface area contributed by atoms with E-state index in [1.807, 2.05) is 31.2 Å². The van der Waals surface area contributed by atoms with Gasteiger partial charge in [-0.2, -0.15) is 4.98 Å². The summed E-state index contributed by atoms with van der Waals surface area (Å²) in [5, 5.41) is 6.82. The summed E-state index contributed by atoms with van der Waals surface area (Å²) in [6.07, 6.45) is 7.31. The number of rotatable bonds is 6. The monoisotopic (exact) mass is 394 g/mol. The summed E-state index contributed by atoms with van der Waals surface area (Å²) in [4.78, 5) is 19.1. The van der Waals surface area contributed by atoms with Crippen LogP contribution in [0.3, 0.4) is 0 Å². The number of hydrogen-bond acceptors (Lipinski definition) is 6. The van der Waals surface area contributed by atoms with Crippen LogP contribution in [0.25, 0.3) is 11.4 Å². The molecule has 7 nitrogen and oxygen atoms in total. The van der Waals surface area contributed by atoms with Gasteiger partial charge in [-0.1, -0.05) is 18.0 Å². The number of aromatic nitrogens is 2. The Kier molecular flexibility index (Phi) is 5.93. The molecule has 1 N–H and O–H groups in total. The molecule has 1 fully saturated rings. The van der Waals surface area contributed by atoms with Gasteiger partial charge >= 0.3 is 11.8 Å². The smallest absolute Gasteiger partial charge is 0.316 e. The fourth-order valence-electron chi connectivity index (χ4n) is 3.65. The maximum atomic E-state index is 12.4. The summed E-state index contributed by atoms with van der Waals surface area (Å²) in [5.74, 6) is 0.802. The number of anilines is 1. The van der Waals surface area contributed by atoms with Crippen molar-refractivity contribution in [3.63, 3.8) is 0 Å². The van der Waals surface area contributed by atoms with Crippen molar-refractivity contribution < 1.29 is 13.7 Å². The van der Waals surface area contributed by atoms with Gasteiger partial charge < -0.3 is 19.2 Å². The number of carbonyl (C=O) groups excluding carboxylic acids is 1. The van der Waals surface area contributed by atoms with Crippen molar-refractivity contribution in [1.29, 1.82) is 0 Å². The van der Waals surface area contributed by atoms with Crippen LogP contribution in [0.15, 0.2) is 51.6 Å². The third kappa shape index (κ3) is 4.85. The minimum absolute atomic E-state index is 0.0390. The van der Waals surface area contributed by atoms with Gasteiger partial charge in [-0.3, -0.25) is 4.79 Å². The van der Waals surface area contributed by atoms with Crippen molar-refractivity contribution in [1.82, 2.24) is 15.5 Å². The molecule has 0 radical (unpaired) electrons. The number of hydrogen-bond donors (Lipinski definition) is 1. The summed E-state index contributed by atoms with van der Waals surface area (Å²) in [6, 6.07) is 11.7. The van der Waals surface area contributed by atoms with E-state index in [4.69, 9.17) is 8.94 Å². The number of nitrogens with zero attached hydrogens (tertiary/aromatic N) is 3. The van der Waals surface area contributed by atoms with Crippen molar-refractivity contribution in [2.24, 2.45) is 0 Å². The van der Waals surface area contributed by atoms with Gasteiger partial charge in [0.1, 0.15) is 5.76 Å². The second-order valence-electron chi connectivity index (χ2n) is 7.53. The van der Waals surface area contributed by atoms with E-state index in [0.717, 1.165) is 24.4 Å². The Labute approximate surface area is 170 Å². The maximum Gasteiger partial charge on any atom is 0.316 e.